The molecule has 0 radical (unpaired) electrons. The highest BCUT2D eigenvalue weighted by atomic mass is 35.5. The summed E-state index contributed by atoms with van der Waals surface area (Å²) >= 11 is 5.97. The molecule has 274 valence electrons. The fourth-order valence-electron chi connectivity index (χ4n) is 5.16. The van der Waals surface area contributed by atoms with Gasteiger partial charge in [0.2, 0.25) is 5.91 Å². The van der Waals surface area contributed by atoms with Gasteiger partial charge >= 0.3 is 24.1 Å². The molecule has 1 fully saturated rings. The molecule has 1 aliphatic heterocycles. The van der Waals surface area contributed by atoms with Crippen molar-refractivity contribution in [3.8, 4) is 17.2 Å². The summed E-state index contributed by atoms with van der Waals surface area (Å²) in [7, 11) is 0. The summed E-state index contributed by atoms with van der Waals surface area (Å²) in [6.45, 7) is 2.15. The van der Waals surface area contributed by atoms with E-state index in [1.54, 1.807) is 5.32 Å². The fourth-order valence-corrected chi connectivity index (χ4v) is 5.29. The summed E-state index contributed by atoms with van der Waals surface area (Å²) in [5.41, 5.74) is -3.16. The highest BCUT2D eigenvalue weighted by Crippen LogP contribution is 2.32. The SMILES string of the molecule is CC(C)(C)OC(=O)N1C[C@H](F)C[C@H]1C(=O)NC(Cn1c(-c2ccc(Cl)cc2)nn(Cc2ncn(-c3ncccc3C(F)(F)F)n2)c1=O)C(F)(F)F. The van der Waals surface area contributed by atoms with Gasteiger partial charge in [-0.1, -0.05) is 11.6 Å². The predicted octanol–water partition coefficient (Wildman–Crippen LogP) is 4.80. The van der Waals surface area contributed by atoms with Gasteiger partial charge in [-0.2, -0.15) is 26.3 Å². The van der Waals surface area contributed by atoms with Gasteiger partial charge < -0.3 is 10.1 Å². The molecule has 5 rings (SSSR count). The standard InChI is InChI=1S/C30H29ClF7N9O4/c1-28(2,3)51-27(50)44-12-18(32)11-20(44)25(48)41-21(30(36,37)38)13-45-23(16-6-8-17(31)9-7-16)43-46(26(45)49)14-22-40-15-47(42-22)24-19(29(33,34)35)5-4-10-39-24/h4-10,15,18,20-21H,11-14H2,1-3H3,(H,41,48)/t18-,20+,21?/m1/s1. The molecular formula is C30H29ClF7N9O4. The number of amides is 2. The number of alkyl halides is 7. The van der Waals surface area contributed by atoms with Crippen LogP contribution < -0.4 is 11.0 Å². The molecule has 1 saturated heterocycles. The van der Waals surface area contributed by atoms with E-state index in [-0.39, 0.29) is 22.2 Å². The van der Waals surface area contributed by atoms with E-state index >= 15 is 0 Å². The molecule has 13 nitrogen and oxygen atoms in total. The highest BCUT2D eigenvalue weighted by molar-refractivity contribution is 6.30. The van der Waals surface area contributed by atoms with Gasteiger partial charge in [0.25, 0.3) is 0 Å². The van der Waals surface area contributed by atoms with Crippen LogP contribution in [0.1, 0.15) is 38.6 Å². The molecule has 51 heavy (non-hydrogen) atoms. The van der Waals surface area contributed by atoms with Crippen molar-refractivity contribution in [1.29, 1.82) is 0 Å². The van der Waals surface area contributed by atoms with Crippen LogP contribution >= 0.6 is 11.6 Å². The Morgan fingerprint density at radius 3 is 2.35 bits per heavy atom. The monoisotopic (exact) mass is 747 g/mol. The van der Waals surface area contributed by atoms with Crippen molar-refractivity contribution >= 4 is 23.6 Å². The van der Waals surface area contributed by atoms with Crippen LogP contribution in [0.2, 0.25) is 5.02 Å². The molecule has 1 aromatic carbocycles. The third-order valence-electron chi connectivity index (χ3n) is 7.42. The van der Waals surface area contributed by atoms with E-state index in [1.807, 2.05) is 0 Å². The predicted molar refractivity (Wildman–Crippen MR) is 164 cm³/mol. The molecule has 1 unspecified atom stereocenters. The number of nitrogens with zero attached hydrogens (tertiary/aromatic N) is 8. The molecule has 21 heteroatoms. The fraction of sp³-hybridized carbons (Fsp3) is 0.433. The van der Waals surface area contributed by atoms with E-state index in [0.717, 1.165) is 29.3 Å². The van der Waals surface area contributed by atoms with Crippen molar-refractivity contribution in [2.24, 2.45) is 0 Å². The van der Waals surface area contributed by atoms with Crippen LogP contribution in [0.5, 0.6) is 0 Å². The molecule has 0 bridgehead atoms. The zero-order valence-electron chi connectivity index (χ0n) is 26.9. The lowest BCUT2D eigenvalue weighted by atomic mass is 10.1. The normalized spacial score (nSPS) is 17.4. The molecule has 2 amide bonds. The minimum Gasteiger partial charge on any atom is -0.444 e. The Kier molecular flexibility index (Phi) is 10.2. The van der Waals surface area contributed by atoms with Gasteiger partial charge in [0.15, 0.2) is 17.5 Å². The second-order valence-electron chi connectivity index (χ2n) is 12.4. The molecule has 1 N–H and O–H groups in total. The van der Waals surface area contributed by atoms with Crippen LogP contribution in [0.25, 0.3) is 17.2 Å². The first-order valence-corrected chi connectivity index (χ1v) is 15.5. The molecular weight excluding hydrogens is 719 g/mol. The zero-order chi connectivity index (χ0) is 37.5. The number of pyridine rings is 1. The van der Waals surface area contributed by atoms with Gasteiger partial charge in [0, 0.05) is 23.2 Å². The van der Waals surface area contributed by atoms with Crippen LogP contribution in [0.3, 0.4) is 0 Å². The first-order valence-electron chi connectivity index (χ1n) is 15.1. The maximum absolute atomic E-state index is 14.5. The maximum atomic E-state index is 14.5. The topological polar surface area (TPSA) is 142 Å². The maximum Gasteiger partial charge on any atom is 0.420 e. The summed E-state index contributed by atoms with van der Waals surface area (Å²) in [6.07, 6.45) is -11.3. The van der Waals surface area contributed by atoms with Crippen LogP contribution in [0.15, 0.2) is 53.7 Å². The van der Waals surface area contributed by atoms with Crippen molar-refractivity contribution in [3.05, 3.63) is 75.8 Å². The smallest absolute Gasteiger partial charge is 0.420 e. The number of rotatable bonds is 8. The summed E-state index contributed by atoms with van der Waals surface area (Å²) < 4.78 is 106. The summed E-state index contributed by atoms with van der Waals surface area (Å²) in [5, 5.41) is 10.2. The van der Waals surface area contributed by atoms with Crippen molar-refractivity contribution in [1.82, 2.24) is 44.3 Å². The summed E-state index contributed by atoms with van der Waals surface area (Å²) in [4.78, 5) is 47.8. The van der Waals surface area contributed by atoms with Crippen molar-refractivity contribution in [2.75, 3.05) is 6.54 Å². The van der Waals surface area contributed by atoms with Gasteiger partial charge in [0.1, 0.15) is 42.3 Å². The Balaban J connectivity index is 1.46. The number of nitrogens with one attached hydrogen (secondary N) is 1. The molecule has 4 heterocycles. The van der Waals surface area contributed by atoms with Crippen LogP contribution in [-0.2, 0) is 28.8 Å². The minimum absolute atomic E-state index is 0.136. The number of carbonyl (C=O) groups excluding carboxylic acids is 2. The molecule has 0 spiro atoms. The van der Waals surface area contributed by atoms with Gasteiger partial charge in [0.05, 0.1) is 13.1 Å². The van der Waals surface area contributed by atoms with Crippen LogP contribution in [-0.4, -0.2) is 87.6 Å². The van der Waals surface area contributed by atoms with Crippen LogP contribution in [0.4, 0.5) is 35.5 Å². The first-order chi connectivity index (χ1) is 23.7. The second kappa shape index (κ2) is 14.0. The summed E-state index contributed by atoms with van der Waals surface area (Å²) in [6, 6.07) is 2.99. The lowest BCUT2D eigenvalue weighted by Gasteiger charge is -2.29. The molecule has 0 aliphatic carbocycles. The lowest BCUT2D eigenvalue weighted by Crippen LogP contribution is -2.55. The molecule has 4 aromatic rings. The number of likely N-dealkylation sites (tertiary alicyclic amines) is 1. The Hall–Kier alpha value is -5.01. The zero-order valence-corrected chi connectivity index (χ0v) is 27.7. The van der Waals surface area contributed by atoms with E-state index in [0.29, 0.717) is 14.1 Å². The van der Waals surface area contributed by atoms with E-state index in [2.05, 4.69) is 20.2 Å². The first kappa shape index (κ1) is 37.3. The number of halogens is 8. The third kappa shape index (κ3) is 8.66. The Bertz CT molecular complexity index is 1950. The van der Waals surface area contributed by atoms with Crippen LogP contribution in [0, 0.1) is 0 Å². The van der Waals surface area contributed by atoms with E-state index in [4.69, 9.17) is 16.3 Å². The van der Waals surface area contributed by atoms with Gasteiger partial charge in [-0.15, -0.1) is 10.2 Å². The molecule has 1 aliphatic rings. The van der Waals surface area contributed by atoms with Crippen molar-refractivity contribution < 1.29 is 45.1 Å². The molecule has 3 atom stereocenters. The van der Waals surface area contributed by atoms with Gasteiger partial charge in [-0.05, 0) is 57.2 Å². The summed E-state index contributed by atoms with van der Waals surface area (Å²) in [5.74, 6) is -2.49. The van der Waals surface area contributed by atoms with Crippen molar-refractivity contribution in [3.63, 3.8) is 0 Å². The van der Waals surface area contributed by atoms with E-state index < -0.39 is 91.3 Å². The number of benzene rings is 1. The molecule has 3 aromatic heterocycles. The largest absolute Gasteiger partial charge is 0.444 e. The average molecular weight is 748 g/mol. The lowest BCUT2D eigenvalue weighted by molar-refractivity contribution is -0.165. The average Bonchev–Trinajstić information content (AvgIpc) is 3.74. The second-order valence-corrected chi connectivity index (χ2v) is 12.9. The number of hydrogen-bond acceptors (Lipinski definition) is 8. The number of ether oxygens (including phenoxy) is 1. The number of aromatic nitrogens is 7. The molecule has 0 saturated carbocycles. The van der Waals surface area contributed by atoms with E-state index in [9.17, 15) is 45.1 Å². The quantitative estimate of drug-likeness (QED) is 0.254. The van der Waals surface area contributed by atoms with E-state index in [1.165, 1.54) is 45.0 Å². The number of hydrogen-bond donors (Lipinski definition) is 1. The highest BCUT2D eigenvalue weighted by Gasteiger charge is 2.47. The Labute approximate surface area is 289 Å². The third-order valence-corrected chi connectivity index (χ3v) is 7.67. The minimum atomic E-state index is -5.17. The van der Waals surface area contributed by atoms with Gasteiger partial charge in [-0.25, -0.2) is 33.3 Å². The number of carbonyl (C=O) groups is 2. The van der Waals surface area contributed by atoms with Gasteiger partial charge in [-0.3, -0.25) is 14.3 Å². The Morgan fingerprint density at radius 1 is 1.04 bits per heavy atom. The Morgan fingerprint density at radius 2 is 1.73 bits per heavy atom. The van der Waals surface area contributed by atoms with Crippen molar-refractivity contribution in [2.45, 2.75) is 76.5 Å².